The number of hydrogen-bond donors (Lipinski definition) is 2. The molecule has 1 fully saturated rings. The van der Waals surface area contributed by atoms with Crippen molar-refractivity contribution in [3.63, 3.8) is 0 Å². The summed E-state index contributed by atoms with van der Waals surface area (Å²) in [6, 6.07) is 0.541. The summed E-state index contributed by atoms with van der Waals surface area (Å²) in [5, 5.41) is 10.4. The topological polar surface area (TPSA) is 59.0 Å². The smallest absolute Gasteiger partial charge is 0.220 e. The van der Waals surface area contributed by atoms with Crippen LogP contribution in [0.15, 0.2) is 12.4 Å². The Morgan fingerprint density at radius 3 is 3.24 bits per heavy atom. The molecule has 1 atom stereocenters. The Bertz CT molecular complexity index is 368. The van der Waals surface area contributed by atoms with Gasteiger partial charge in [0, 0.05) is 37.8 Å². The van der Waals surface area contributed by atoms with Crippen LogP contribution in [0.1, 0.15) is 31.2 Å². The molecular weight excluding hydrogens is 216 g/mol. The number of nitrogens with zero attached hydrogens (tertiary/aromatic N) is 2. The third kappa shape index (κ3) is 3.85. The Kier molecular flexibility index (Phi) is 4.14. The Morgan fingerprint density at radius 1 is 1.71 bits per heavy atom. The highest BCUT2D eigenvalue weighted by molar-refractivity contribution is 5.75. The van der Waals surface area contributed by atoms with Gasteiger partial charge in [0.15, 0.2) is 0 Å². The molecule has 5 heteroatoms. The maximum atomic E-state index is 11.6. The van der Waals surface area contributed by atoms with Crippen molar-refractivity contribution in [3.8, 4) is 0 Å². The van der Waals surface area contributed by atoms with Gasteiger partial charge >= 0.3 is 0 Å². The molecule has 5 nitrogen and oxygen atoms in total. The van der Waals surface area contributed by atoms with Gasteiger partial charge in [-0.1, -0.05) is 0 Å². The SMILES string of the molecule is Cn1cc(CNC(=O)CCC2CCCN2)cn1. The molecule has 0 radical (unpaired) electrons. The van der Waals surface area contributed by atoms with E-state index in [0.29, 0.717) is 19.0 Å². The van der Waals surface area contributed by atoms with E-state index >= 15 is 0 Å². The number of carbonyl (C=O) groups is 1. The summed E-state index contributed by atoms with van der Waals surface area (Å²) in [5.41, 5.74) is 1.04. The normalized spacial score (nSPS) is 19.5. The lowest BCUT2D eigenvalue weighted by atomic mass is 10.1. The lowest BCUT2D eigenvalue weighted by molar-refractivity contribution is -0.121. The van der Waals surface area contributed by atoms with Crippen molar-refractivity contribution in [2.45, 2.75) is 38.3 Å². The molecular formula is C12H20N4O. The molecule has 2 N–H and O–H groups in total. The standard InChI is InChI=1S/C12H20N4O/c1-16-9-10(8-15-16)7-14-12(17)5-4-11-3-2-6-13-11/h8-9,11,13H,2-7H2,1H3,(H,14,17). The molecule has 0 bridgehead atoms. The van der Waals surface area contributed by atoms with E-state index < -0.39 is 0 Å². The van der Waals surface area contributed by atoms with E-state index in [1.807, 2.05) is 13.2 Å². The first-order chi connectivity index (χ1) is 8.24. The monoisotopic (exact) mass is 236 g/mol. The molecule has 2 heterocycles. The molecule has 1 aliphatic rings. The molecule has 1 unspecified atom stereocenters. The summed E-state index contributed by atoms with van der Waals surface area (Å²) in [4.78, 5) is 11.6. The van der Waals surface area contributed by atoms with E-state index in [-0.39, 0.29) is 5.91 Å². The van der Waals surface area contributed by atoms with Crippen LogP contribution in [-0.2, 0) is 18.4 Å². The zero-order valence-electron chi connectivity index (χ0n) is 10.3. The molecule has 0 spiro atoms. The largest absolute Gasteiger partial charge is 0.352 e. The highest BCUT2D eigenvalue weighted by Gasteiger charge is 2.14. The zero-order valence-corrected chi connectivity index (χ0v) is 10.3. The lowest BCUT2D eigenvalue weighted by Crippen LogP contribution is -2.27. The van der Waals surface area contributed by atoms with Gasteiger partial charge in [0.25, 0.3) is 0 Å². The molecule has 1 amide bonds. The summed E-state index contributed by atoms with van der Waals surface area (Å²) < 4.78 is 1.74. The van der Waals surface area contributed by atoms with Gasteiger partial charge in [0.2, 0.25) is 5.91 Å². The van der Waals surface area contributed by atoms with Crippen molar-refractivity contribution in [2.24, 2.45) is 7.05 Å². The minimum Gasteiger partial charge on any atom is -0.352 e. The second-order valence-corrected chi connectivity index (χ2v) is 4.63. The quantitative estimate of drug-likeness (QED) is 0.785. The predicted molar refractivity (Wildman–Crippen MR) is 65.3 cm³/mol. The predicted octanol–water partition coefficient (Wildman–Crippen LogP) is 0.568. The van der Waals surface area contributed by atoms with Gasteiger partial charge in [0.05, 0.1) is 6.20 Å². The third-order valence-electron chi connectivity index (χ3n) is 3.13. The fraction of sp³-hybridized carbons (Fsp3) is 0.667. The van der Waals surface area contributed by atoms with E-state index in [1.165, 1.54) is 12.8 Å². The molecule has 0 saturated carbocycles. The van der Waals surface area contributed by atoms with Crippen LogP contribution in [0.2, 0.25) is 0 Å². The van der Waals surface area contributed by atoms with E-state index in [2.05, 4.69) is 15.7 Å². The van der Waals surface area contributed by atoms with Crippen molar-refractivity contribution in [2.75, 3.05) is 6.54 Å². The molecule has 1 saturated heterocycles. The second kappa shape index (κ2) is 5.82. The fourth-order valence-electron chi connectivity index (χ4n) is 2.16. The number of aromatic nitrogens is 2. The van der Waals surface area contributed by atoms with Crippen LogP contribution >= 0.6 is 0 Å². The van der Waals surface area contributed by atoms with Crippen LogP contribution in [0.4, 0.5) is 0 Å². The first-order valence-electron chi connectivity index (χ1n) is 6.21. The van der Waals surface area contributed by atoms with Gasteiger partial charge in [-0.15, -0.1) is 0 Å². The van der Waals surface area contributed by atoms with E-state index in [4.69, 9.17) is 0 Å². The fourth-order valence-corrected chi connectivity index (χ4v) is 2.16. The summed E-state index contributed by atoms with van der Waals surface area (Å²) in [5.74, 6) is 0.127. The van der Waals surface area contributed by atoms with Gasteiger partial charge in [-0.2, -0.15) is 5.10 Å². The number of carbonyl (C=O) groups excluding carboxylic acids is 1. The second-order valence-electron chi connectivity index (χ2n) is 4.63. The van der Waals surface area contributed by atoms with Crippen molar-refractivity contribution in [3.05, 3.63) is 18.0 Å². The molecule has 2 rings (SSSR count). The van der Waals surface area contributed by atoms with Crippen LogP contribution in [0.25, 0.3) is 0 Å². The van der Waals surface area contributed by atoms with Crippen LogP contribution in [-0.4, -0.2) is 28.3 Å². The highest BCUT2D eigenvalue weighted by atomic mass is 16.1. The molecule has 1 aromatic heterocycles. The van der Waals surface area contributed by atoms with Crippen molar-refractivity contribution in [1.82, 2.24) is 20.4 Å². The first-order valence-corrected chi connectivity index (χ1v) is 6.21. The van der Waals surface area contributed by atoms with Crippen LogP contribution in [0, 0.1) is 0 Å². The van der Waals surface area contributed by atoms with Gasteiger partial charge in [0.1, 0.15) is 0 Å². The third-order valence-corrected chi connectivity index (χ3v) is 3.13. The number of rotatable bonds is 5. The minimum atomic E-state index is 0.127. The highest BCUT2D eigenvalue weighted by Crippen LogP contribution is 2.10. The summed E-state index contributed by atoms with van der Waals surface area (Å²) in [6.07, 6.45) is 7.69. The van der Waals surface area contributed by atoms with E-state index in [9.17, 15) is 4.79 Å². The molecule has 0 aliphatic carbocycles. The van der Waals surface area contributed by atoms with Gasteiger partial charge in [-0.05, 0) is 25.8 Å². The Labute approximate surface area is 102 Å². The number of amides is 1. The summed E-state index contributed by atoms with van der Waals surface area (Å²) in [7, 11) is 1.87. The summed E-state index contributed by atoms with van der Waals surface area (Å²) >= 11 is 0. The van der Waals surface area contributed by atoms with E-state index in [0.717, 1.165) is 18.5 Å². The molecule has 1 aromatic rings. The Hall–Kier alpha value is -1.36. The maximum Gasteiger partial charge on any atom is 0.220 e. The van der Waals surface area contributed by atoms with Crippen LogP contribution in [0.5, 0.6) is 0 Å². The molecule has 94 valence electrons. The molecule has 17 heavy (non-hydrogen) atoms. The van der Waals surface area contributed by atoms with Gasteiger partial charge in [-0.3, -0.25) is 9.48 Å². The van der Waals surface area contributed by atoms with Crippen molar-refractivity contribution < 1.29 is 4.79 Å². The Morgan fingerprint density at radius 2 is 2.59 bits per heavy atom. The molecule has 1 aliphatic heterocycles. The number of aryl methyl sites for hydroxylation is 1. The molecule has 0 aromatic carbocycles. The lowest BCUT2D eigenvalue weighted by Gasteiger charge is -2.09. The van der Waals surface area contributed by atoms with Crippen molar-refractivity contribution in [1.29, 1.82) is 0 Å². The van der Waals surface area contributed by atoms with Crippen molar-refractivity contribution >= 4 is 5.91 Å². The number of nitrogens with one attached hydrogen (secondary N) is 2. The van der Waals surface area contributed by atoms with Crippen LogP contribution in [0.3, 0.4) is 0 Å². The zero-order chi connectivity index (χ0) is 12.1. The van der Waals surface area contributed by atoms with Gasteiger partial charge in [-0.25, -0.2) is 0 Å². The summed E-state index contributed by atoms with van der Waals surface area (Å²) in [6.45, 7) is 1.67. The average Bonchev–Trinajstić information content (AvgIpc) is 2.95. The first kappa shape index (κ1) is 12.1. The maximum absolute atomic E-state index is 11.6. The Balaban J connectivity index is 1.63. The van der Waals surface area contributed by atoms with Gasteiger partial charge < -0.3 is 10.6 Å². The van der Waals surface area contributed by atoms with Crippen LogP contribution < -0.4 is 10.6 Å². The number of hydrogen-bond acceptors (Lipinski definition) is 3. The average molecular weight is 236 g/mol. The minimum absolute atomic E-state index is 0.127. The van der Waals surface area contributed by atoms with E-state index in [1.54, 1.807) is 10.9 Å².